The number of hydrogen-bond acceptors (Lipinski definition) is 5. The van der Waals surface area contributed by atoms with Gasteiger partial charge in [-0.2, -0.15) is 0 Å². The lowest BCUT2D eigenvalue weighted by atomic mass is 10.2. The van der Waals surface area contributed by atoms with Crippen LogP contribution in [0.25, 0.3) is 0 Å². The predicted octanol–water partition coefficient (Wildman–Crippen LogP) is 2.45. The molecule has 7 nitrogen and oxygen atoms in total. The zero-order chi connectivity index (χ0) is 17.0. The molecule has 0 saturated heterocycles. The van der Waals surface area contributed by atoms with E-state index in [2.05, 4.69) is 21.4 Å². The van der Waals surface area contributed by atoms with Crippen molar-refractivity contribution in [1.82, 2.24) is 5.43 Å². The highest BCUT2D eigenvalue weighted by Crippen LogP contribution is 2.36. The molecule has 1 aromatic heterocycles. The first-order valence-corrected chi connectivity index (χ1v) is 7.55. The molecule has 0 fully saturated rings. The number of hydrogen-bond donors (Lipinski definition) is 2. The predicted molar refractivity (Wildman–Crippen MR) is 92.7 cm³/mol. The van der Waals surface area contributed by atoms with E-state index in [0.29, 0.717) is 21.9 Å². The number of methoxy groups -OCH3 is 2. The number of para-hydroxylation sites is 1. The third-order valence-electron chi connectivity index (χ3n) is 2.86. The van der Waals surface area contributed by atoms with Crippen molar-refractivity contribution in [2.45, 2.75) is 0 Å². The third-order valence-corrected chi connectivity index (χ3v) is 3.46. The van der Waals surface area contributed by atoms with Crippen LogP contribution in [0, 0.1) is 0 Å². The van der Waals surface area contributed by atoms with Crippen molar-refractivity contribution in [2.24, 2.45) is 5.73 Å². The second kappa shape index (κ2) is 7.34. The molecule has 1 heterocycles. The smallest absolute Gasteiger partial charge is 0.305 e. The van der Waals surface area contributed by atoms with Gasteiger partial charge in [0.2, 0.25) is 0 Å². The summed E-state index contributed by atoms with van der Waals surface area (Å²) < 4.78 is 16.2. The van der Waals surface area contributed by atoms with Crippen LogP contribution in [0.5, 0.6) is 11.5 Å². The van der Waals surface area contributed by atoms with Crippen LogP contribution in [0.1, 0.15) is 10.6 Å². The van der Waals surface area contributed by atoms with Crippen LogP contribution in [-0.2, 0) is 0 Å². The number of rotatable bonds is 4. The first-order chi connectivity index (χ1) is 11.0. The first-order valence-electron chi connectivity index (χ1n) is 6.34. The largest absolute Gasteiger partial charge is 0.494 e. The SMILES string of the molecule is COc1cccc(OC)c1N(NC(=O)c1ccc(Br)o1)C(N)=S. The molecule has 0 spiro atoms. The normalized spacial score (nSPS) is 10.0. The molecule has 0 unspecified atom stereocenters. The van der Waals surface area contributed by atoms with Crippen molar-refractivity contribution in [1.29, 1.82) is 0 Å². The molecular weight excluding hydrogens is 386 g/mol. The van der Waals surface area contributed by atoms with Gasteiger partial charge < -0.3 is 19.6 Å². The van der Waals surface area contributed by atoms with Crippen LogP contribution in [0.2, 0.25) is 0 Å². The number of nitrogens with two attached hydrogens (primary N) is 1. The molecule has 1 amide bonds. The van der Waals surface area contributed by atoms with Gasteiger partial charge in [-0.15, -0.1) is 0 Å². The molecule has 9 heteroatoms. The number of thiocarbonyl (C=S) groups is 1. The molecule has 3 N–H and O–H groups in total. The van der Waals surface area contributed by atoms with Gasteiger partial charge >= 0.3 is 5.91 Å². The lowest BCUT2D eigenvalue weighted by molar-refractivity contribution is 0.0926. The highest BCUT2D eigenvalue weighted by molar-refractivity contribution is 9.10. The Kier molecular flexibility index (Phi) is 5.45. The van der Waals surface area contributed by atoms with Gasteiger partial charge in [-0.05, 0) is 52.4 Å². The second-order valence-corrected chi connectivity index (χ2v) is 5.43. The Morgan fingerprint density at radius 3 is 2.30 bits per heavy atom. The summed E-state index contributed by atoms with van der Waals surface area (Å²) in [6, 6.07) is 8.24. The quantitative estimate of drug-likeness (QED) is 0.602. The number of ether oxygens (including phenoxy) is 2. The van der Waals surface area contributed by atoms with Crippen molar-refractivity contribution < 1.29 is 18.7 Å². The molecule has 0 aliphatic carbocycles. The summed E-state index contributed by atoms with van der Waals surface area (Å²) >= 11 is 8.16. The number of amides is 1. The summed E-state index contributed by atoms with van der Waals surface area (Å²) in [4.78, 5) is 12.3. The second-order valence-electron chi connectivity index (χ2n) is 4.23. The fourth-order valence-electron chi connectivity index (χ4n) is 1.87. The van der Waals surface area contributed by atoms with Crippen LogP contribution in [-0.4, -0.2) is 25.2 Å². The minimum atomic E-state index is -0.531. The molecule has 0 bridgehead atoms. The van der Waals surface area contributed by atoms with E-state index in [4.69, 9.17) is 31.8 Å². The van der Waals surface area contributed by atoms with Gasteiger partial charge in [-0.1, -0.05) is 6.07 Å². The standard InChI is InChI=1S/C14H14BrN3O4S/c1-20-8-4-3-5-9(21-2)12(8)18(14(16)23)17-13(19)10-6-7-11(15)22-10/h3-7H,1-2H3,(H2,16,23)(H,17,19). The van der Waals surface area contributed by atoms with E-state index in [0.717, 1.165) is 0 Å². The van der Waals surface area contributed by atoms with Crippen molar-refractivity contribution in [3.8, 4) is 11.5 Å². The van der Waals surface area contributed by atoms with Crippen LogP contribution in [0.15, 0.2) is 39.4 Å². The summed E-state index contributed by atoms with van der Waals surface area (Å²) in [5.41, 5.74) is 8.68. The molecular formula is C14H14BrN3O4S. The molecule has 2 rings (SSSR count). The number of anilines is 1. The number of furan rings is 1. The van der Waals surface area contributed by atoms with E-state index in [9.17, 15) is 4.79 Å². The summed E-state index contributed by atoms with van der Waals surface area (Å²) in [5.74, 6) is 0.416. The zero-order valence-electron chi connectivity index (χ0n) is 12.3. The van der Waals surface area contributed by atoms with Crippen molar-refractivity contribution in [3.63, 3.8) is 0 Å². The fourth-order valence-corrected chi connectivity index (χ4v) is 2.31. The molecule has 1 aromatic carbocycles. The number of hydrazine groups is 1. The highest BCUT2D eigenvalue weighted by atomic mass is 79.9. The monoisotopic (exact) mass is 399 g/mol. The summed E-state index contributed by atoms with van der Waals surface area (Å²) in [7, 11) is 2.98. The lowest BCUT2D eigenvalue weighted by Gasteiger charge is -2.26. The van der Waals surface area contributed by atoms with Gasteiger partial charge in [-0.3, -0.25) is 10.2 Å². The minimum Gasteiger partial charge on any atom is -0.494 e. The number of halogens is 1. The Balaban J connectivity index is 2.40. The number of nitrogens with zero attached hydrogens (tertiary/aromatic N) is 1. The molecule has 122 valence electrons. The fraction of sp³-hybridized carbons (Fsp3) is 0.143. The maximum atomic E-state index is 12.3. The molecule has 0 aliphatic heterocycles. The van der Waals surface area contributed by atoms with E-state index >= 15 is 0 Å². The summed E-state index contributed by atoms with van der Waals surface area (Å²) in [6.07, 6.45) is 0. The van der Waals surface area contributed by atoms with Crippen molar-refractivity contribution in [3.05, 3.63) is 40.8 Å². The lowest BCUT2D eigenvalue weighted by Crippen LogP contribution is -2.49. The topological polar surface area (TPSA) is 90.0 Å². The summed E-state index contributed by atoms with van der Waals surface area (Å²) in [5, 5.41) is 1.11. The number of benzene rings is 1. The van der Waals surface area contributed by atoms with E-state index in [1.165, 1.54) is 25.3 Å². The van der Waals surface area contributed by atoms with Gasteiger partial charge in [0.05, 0.1) is 14.2 Å². The molecule has 0 saturated carbocycles. The molecule has 2 aromatic rings. The molecule has 0 radical (unpaired) electrons. The Bertz CT molecular complexity index is 712. The van der Waals surface area contributed by atoms with Gasteiger partial charge in [0.25, 0.3) is 0 Å². The Morgan fingerprint density at radius 1 is 1.26 bits per heavy atom. The van der Waals surface area contributed by atoms with E-state index in [-0.39, 0.29) is 10.9 Å². The van der Waals surface area contributed by atoms with Gasteiger partial charge in [0.1, 0.15) is 17.2 Å². The maximum Gasteiger partial charge on any atom is 0.305 e. The van der Waals surface area contributed by atoms with Crippen molar-refractivity contribution >= 4 is 44.9 Å². The van der Waals surface area contributed by atoms with E-state index in [1.807, 2.05) is 0 Å². The minimum absolute atomic E-state index is 0.0898. The van der Waals surface area contributed by atoms with Crippen LogP contribution >= 0.6 is 28.1 Å². The highest BCUT2D eigenvalue weighted by Gasteiger charge is 2.23. The van der Waals surface area contributed by atoms with Gasteiger partial charge in [0, 0.05) is 0 Å². The van der Waals surface area contributed by atoms with Gasteiger partial charge in [-0.25, -0.2) is 5.01 Å². The number of carbonyl (C=O) groups excluding carboxylic acids is 1. The van der Waals surface area contributed by atoms with E-state index < -0.39 is 5.91 Å². The Labute approximate surface area is 146 Å². The summed E-state index contributed by atoms with van der Waals surface area (Å²) in [6.45, 7) is 0. The van der Waals surface area contributed by atoms with Gasteiger partial charge in [0.15, 0.2) is 15.5 Å². The average molecular weight is 400 g/mol. The number of nitrogens with one attached hydrogen (secondary N) is 1. The first kappa shape index (κ1) is 17.1. The third kappa shape index (κ3) is 3.74. The van der Waals surface area contributed by atoms with Crippen molar-refractivity contribution in [2.75, 3.05) is 19.2 Å². The molecule has 0 atom stereocenters. The Hall–Kier alpha value is -2.26. The zero-order valence-corrected chi connectivity index (χ0v) is 14.7. The molecule has 0 aliphatic rings. The van der Waals surface area contributed by atoms with Crippen LogP contribution < -0.4 is 25.6 Å². The maximum absolute atomic E-state index is 12.3. The van der Waals surface area contributed by atoms with Crippen LogP contribution in [0.4, 0.5) is 5.69 Å². The van der Waals surface area contributed by atoms with Crippen LogP contribution in [0.3, 0.4) is 0 Å². The average Bonchev–Trinajstić information content (AvgIpc) is 2.98. The van der Waals surface area contributed by atoms with E-state index in [1.54, 1.807) is 24.3 Å². The Morgan fingerprint density at radius 2 is 1.87 bits per heavy atom. The molecule has 23 heavy (non-hydrogen) atoms. The number of carbonyl (C=O) groups is 1.